The minimum absolute atomic E-state index is 0.0908. The molecule has 0 radical (unpaired) electrons. The van der Waals surface area contributed by atoms with Gasteiger partial charge in [0.05, 0.1) is 16.8 Å². The summed E-state index contributed by atoms with van der Waals surface area (Å²) in [5.74, 6) is 0. The first-order valence-electron chi connectivity index (χ1n) is 21.9. The summed E-state index contributed by atoms with van der Waals surface area (Å²) in [4.78, 5) is 4.78. The minimum Gasteiger partial charge on any atom is -0.455 e. The fourth-order valence-corrected chi connectivity index (χ4v) is 10.2. The lowest BCUT2D eigenvalue weighted by molar-refractivity contribution is 0.570. The number of hydrogen-bond acceptors (Lipinski definition) is 3. The molecule has 3 nitrogen and oxygen atoms in total. The lowest BCUT2D eigenvalue weighted by atomic mass is 9.61. The van der Waals surface area contributed by atoms with Gasteiger partial charge in [0, 0.05) is 44.6 Å². The Bertz CT molecular complexity index is 3220. The number of rotatable bonds is 7. The number of fused-ring (bicyclic) bond motifs is 5. The summed E-state index contributed by atoms with van der Waals surface area (Å²) in [6.45, 7) is 9.04. The molecule has 63 heavy (non-hydrogen) atoms. The van der Waals surface area contributed by atoms with Gasteiger partial charge in [0.25, 0.3) is 0 Å². The Balaban J connectivity index is 1.10. The van der Waals surface area contributed by atoms with Crippen molar-refractivity contribution in [3.8, 4) is 11.1 Å². The number of anilines is 6. The van der Waals surface area contributed by atoms with Crippen LogP contribution in [-0.4, -0.2) is 0 Å². The van der Waals surface area contributed by atoms with Crippen LogP contribution >= 0.6 is 0 Å². The van der Waals surface area contributed by atoms with E-state index >= 15 is 0 Å². The maximum absolute atomic E-state index is 7.24. The van der Waals surface area contributed by atoms with Crippen LogP contribution in [0, 0.1) is 6.92 Å². The molecule has 1 aliphatic heterocycles. The minimum atomic E-state index is -0.708. The monoisotopic (exact) mass is 812 g/mol. The van der Waals surface area contributed by atoms with Crippen molar-refractivity contribution >= 4 is 56.1 Å². The van der Waals surface area contributed by atoms with Gasteiger partial charge < -0.3 is 14.2 Å². The van der Waals surface area contributed by atoms with Crippen LogP contribution in [0.4, 0.5) is 34.1 Å². The number of aryl methyl sites for hydroxylation is 1. The fourth-order valence-electron chi connectivity index (χ4n) is 10.2. The third-order valence-corrected chi connectivity index (χ3v) is 13.0. The molecule has 1 aromatic heterocycles. The van der Waals surface area contributed by atoms with E-state index in [1.165, 1.54) is 38.9 Å². The maximum Gasteiger partial charge on any atom is 0.140 e. The van der Waals surface area contributed by atoms with Crippen molar-refractivity contribution < 1.29 is 4.42 Å². The molecule has 11 rings (SSSR count). The van der Waals surface area contributed by atoms with Crippen molar-refractivity contribution in [2.24, 2.45) is 0 Å². The van der Waals surface area contributed by atoms with Gasteiger partial charge in [0.15, 0.2) is 0 Å². The van der Waals surface area contributed by atoms with Crippen LogP contribution in [0.1, 0.15) is 54.2 Å². The molecule has 0 saturated heterocycles. The van der Waals surface area contributed by atoms with Crippen LogP contribution in [0.25, 0.3) is 33.1 Å². The third-order valence-electron chi connectivity index (χ3n) is 13.0. The van der Waals surface area contributed by atoms with Crippen LogP contribution in [0.3, 0.4) is 0 Å². The van der Waals surface area contributed by atoms with E-state index in [-0.39, 0.29) is 5.41 Å². The molecular weight excluding hydrogens is 765 g/mol. The molecule has 0 aliphatic carbocycles. The molecule has 0 saturated carbocycles. The third kappa shape index (κ3) is 6.18. The summed E-state index contributed by atoms with van der Waals surface area (Å²) in [7, 11) is 0. The topological polar surface area (TPSA) is 19.6 Å². The molecule has 0 spiro atoms. The zero-order valence-electron chi connectivity index (χ0n) is 36.1. The normalized spacial score (nSPS) is 13.2. The van der Waals surface area contributed by atoms with Gasteiger partial charge in [-0.05, 0) is 106 Å². The van der Waals surface area contributed by atoms with Gasteiger partial charge in [0.1, 0.15) is 11.2 Å². The van der Waals surface area contributed by atoms with Gasteiger partial charge >= 0.3 is 0 Å². The second-order valence-electron chi connectivity index (χ2n) is 17.8. The highest BCUT2D eigenvalue weighted by Gasteiger charge is 2.48. The SMILES string of the molecule is Cc1ccccc1C1(c2cccc3c2oc2c(C(C)(C)C)cccc23)c2ccccc2N(c2ccc(N(c3ccccc3)c3ccc(-c4ccccc4)cc3)cc2)c2ccccc21. The Morgan fingerprint density at radius 2 is 0.889 bits per heavy atom. The molecule has 0 fully saturated rings. The second-order valence-corrected chi connectivity index (χ2v) is 17.8. The zero-order chi connectivity index (χ0) is 42.7. The number of nitrogens with zero attached hydrogens (tertiary/aromatic N) is 2. The number of furan rings is 1. The molecule has 0 amide bonds. The second kappa shape index (κ2) is 15.1. The predicted molar refractivity (Wildman–Crippen MR) is 264 cm³/mol. The highest BCUT2D eigenvalue weighted by molar-refractivity contribution is 6.08. The molecule has 304 valence electrons. The first-order chi connectivity index (χ1) is 30.8. The Morgan fingerprint density at radius 3 is 1.51 bits per heavy atom. The summed E-state index contributed by atoms with van der Waals surface area (Å²) in [5.41, 5.74) is 17.3. The highest BCUT2D eigenvalue weighted by atomic mass is 16.3. The predicted octanol–water partition coefficient (Wildman–Crippen LogP) is 16.5. The van der Waals surface area contributed by atoms with E-state index in [1.54, 1.807) is 0 Å². The summed E-state index contributed by atoms with van der Waals surface area (Å²) in [6.07, 6.45) is 0. The van der Waals surface area contributed by atoms with Crippen molar-refractivity contribution in [1.29, 1.82) is 0 Å². The summed E-state index contributed by atoms with van der Waals surface area (Å²) in [6, 6.07) is 79.3. The van der Waals surface area contributed by atoms with Gasteiger partial charge in [-0.15, -0.1) is 0 Å². The van der Waals surface area contributed by atoms with Gasteiger partial charge in [-0.2, -0.15) is 0 Å². The van der Waals surface area contributed by atoms with Crippen molar-refractivity contribution in [1.82, 2.24) is 0 Å². The van der Waals surface area contributed by atoms with Crippen LogP contribution in [0.15, 0.2) is 223 Å². The Morgan fingerprint density at radius 1 is 0.413 bits per heavy atom. The smallest absolute Gasteiger partial charge is 0.140 e. The van der Waals surface area contributed by atoms with E-state index in [4.69, 9.17) is 4.42 Å². The standard InChI is InChI=1S/C60H48N2O/c1-41-19-11-12-26-50(41)60(54-30-18-25-49-48-24-17-29-53(59(2,3)4)57(48)63-58(49)54)51-27-13-15-31-55(51)62(56-32-16-14-28-52(56)60)47-39-37-46(38-40-47)61(44-22-9-6-10-23-44)45-35-33-43(34-36-45)42-20-7-5-8-21-42/h5-40H,1-4H3. The van der Waals surface area contributed by atoms with E-state index in [9.17, 15) is 0 Å². The first-order valence-corrected chi connectivity index (χ1v) is 21.9. The Hall–Kier alpha value is -7.62. The van der Waals surface area contributed by atoms with Crippen molar-refractivity contribution in [3.63, 3.8) is 0 Å². The lowest BCUT2D eigenvalue weighted by Gasteiger charge is -2.46. The van der Waals surface area contributed by atoms with Crippen molar-refractivity contribution in [2.45, 2.75) is 38.5 Å². The van der Waals surface area contributed by atoms with E-state index in [0.717, 1.165) is 61.6 Å². The molecule has 0 bridgehead atoms. The summed E-state index contributed by atoms with van der Waals surface area (Å²) < 4.78 is 7.24. The number of hydrogen-bond donors (Lipinski definition) is 0. The van der Waals surface area contributed by atoms with Crippen molar-refractivity contribution in [2.75, 3.05) is 9.80 Å². The average molecular weight is 813 g/mol. The average Bonchev–Trinajstić information content (AvgIpc) is 3.71. The van der Waals surface area contributed by atoms with E-state index < -0.39 is 5.41 Å². The van der Waals surface area contributed by atoms with Crippen LogP contribution in [-0.2, 0) is 10.8 Å². The largest absolute Gasteiger partial charge is 0.455 e. The summed E-state index contributed by atoms with van der Waals surface area (Å²) in [5, 5.41) is 2.28. The first kappa shape index (κ1) is 38.3. The number of benzene rings is 9. The van der Waals surface area contributed by atoms with Crippen LogP contribution < -0.4 is 9.80 Å². The van der Waals surface area contributed by atoms with Crippen LogP contribution in [0.2, 0.25) is 0 Å². The summed E-state index contributed by atoms with van der Waals surface area (Å²) >= 11 is 0. The van der Waals surface area contributed by atoms with Crippen LogP contribution in [0.5, 0.6) is 0 Å². The van der Waals surface area contributed by atoms with Gasteiger partial charge in [-0.25, -0.2) is 0 Å². The van der Waals surface area contributed by atoms with E-state index in [1.807, 2.05) is 0 Å². The molecule has 0 atom stereocenters. The van der Waals surface area contributed by atoms with Gasteiger partial charge in [0.2, 0.25) is 0 Å². The molecule has 9 aromatic carbocycles. The molecule has 0 unspecified atom stereocenters. The zero-order valence-corrected chi connectivity index (χ0v) is 36.1. The molecule has 1 aliphatic rings. The molecule has 0 N–H and O–H groups in total. The number of para-hydroxylation sites is 5. The van der Waals surface area contributed by atoms with Gasteiger partial charge in [-0.3, -0.25) is 0 Å². The molecular formula is C60H48N2O. The molecule has 10 aromatic rings. The highest BCUT2D eigenvalue weighted by Crippen LogP contribution is 2.59. The van der Waals surface area contributed by atoms with E-state index in [2.05, 4.69) is 256 Å². The lowest BCUT2D eigenvalue weighted by Crippen LogP contribution is -2.38. The fraction of sp³-hybridized carbons (Fsp3) is 0.100. The van der Waals surface area contributed by atoms with E-state index in [0.29, 0.717) is 0 Å². The molecule has 3 heteroatoms. The van der Waals surface area contributed by atoms with Crippen molar-refractivity contribution in [3.05, 3.63) is 252 Å². The molecule has 2 heterocycles. The quantitative estimate of drug-likeness (QED) is 0.160. The maximum atomic E-state index is 7.24. The Kier molecular flexibility index (Phi) is 9.17. The van der Waals surface area contributed by atoms with Gasteiger partial charge in [-0.1, -0.05) is 178 Å². The Labute approximate surface area is 370 Å².